The van der Waals surface area contributed by atoms with Crippen LogP contribution in [-0.2, 0) is 5.41 Å². The van der Waals surface area contributed by atoms with Gasteiger partial charge in [0.25, 0.3) is 5.91 Å². The van der Waals surface area contributed by atoms with E-state index in [2.05, 4.69) is 57.7 Å². The number of pyridine rings is 1. The molecule has 5 heterocycles. The minimum atomic E-state index is 0.117. The molecule has 206 valence electrons. The van der Waals surface area contributed by atoms with E-state index in [1.165, 1.54) is 31.2 Å². The lowest BCUT2D eigenvalue weighted by Crippen LogP contribution is -2.49. The number of hydrogen-bond acceptors (Lipinski definition) is 4. The van der Waals surface area contributed by atoms with Crippen LogP contribution in [0.5, 0.6) is 0 Å². The van der Waals surface area contributed by atoms with E-state index in [0.29, 0.717) is 18.1 Å². The molecule has 0 radical (unpaired) electrons. The van der Waals surface area contributed by atoms with Crippen LogP contribution in [0.25, 0.3) is 11.2 Å². The van der Waals surface area contributed by atoms with Crippen molar-refractivity contribution in [2.24, 2.45) is 0 Å². The summed E-state index contributed by atoms with van der Waals surface area (Å²) in [5.41, 5.74) is 4.40. The molecule has 1 amide bonds. The van der Waals surface area contributed by atoms with Crippen LogP contribution in [0.4, 0.5) is 0 Å². The SMILES string of the molecule is Cc1nc2cccnc2n1C1CC2CCC(C1)N2CCC1(c2ccccc2)CCN(C(=O)c2ccccc2)CC1. The Labute approximate surface area is 237 Å². The monoisotopic (exact) mass is 533 g/mol. The second-order valence-electron chi connectivity index (χ2n) is 12.2. The molecule has 2 aromatic heterocycles. The molecular formula is C34H39N5O. The summed E-state index contributed by atoms with van der Waals surface area (Å²) < 4.78 is 2.42. The van der Waals surface area contributed by atoms with Gasteiger partial charge in [-0.1, -0.05) is 48.5 Å². The van der Waals surface area contributed by atoms with Crippen molar-refractivity contribution in [3.63, 3.8) is 0 Å². The number of fused-ring (bicyclic) bond motifs is 3. The van der Waals surface area contributed by atoms with Gasteiger partial charge in [-0.05, 0) is 93.7 Å². The Morgan fingerprint density at radius 3 is 2.25 bits per heavy atom. The molecule has 2 aromatic carbocycles. The van der Waals surface area contributed by atoms with Gasteiger partial charge in [0.05, 0.1) is 0 Å². The number of amides is 1. The number of aromatic nitrogens is 3. The Bertz CT molecular complexity index is 1460. The first-order valence-electron chi connectivity index (χ1n) is 15.1. The third-order valence-corrected chi connectivity index (χ3v) is 10.1. The molecule has 2 atom stereocenters. The number of benzene rings is 2. The van der Waals surface area contributed by atoms with Crippen molar-refractivity contribution in [3.05, 3.63) is 95.9 Å². The molecule has 40 heavy (non-hydrogen) atoms. The van der Waals surface area contributed by atoms with Crippen molar-refractivity contribution in [2.45, 2.75) is 75.4 Å². The maximum Gasteiger partial charge on any atom is 0.253 e. The first kappa shape index (κ1) is 25.5. The Hall–Kier alpha value is -3.51. The third-order valence-electron chi connectivity index (χ3n) is 10.1. The number of aryl methyl sites for hydroxylation is 1. The molecule has 2 unspecified atom stereocenters. The van der Waals surface area contributed by atoms with Crippen LogP contribution >= 0.6 is 0 Å². The zero-order valence-electron chi connectivity index (χ0n) is 23.5. The lowest BCUT2D eigenvalue weighted by Gasteiger charge is -2.45. The number of carbonyl (C=O) groups is 1. The van der Waals surface area contributed by atoms with Crippen LogP contribution in [0.3, 0.4) is 0 Å². The molecule has 3 fully saturated rings. The van der Waals surface area contributed by atoms with Crippen molar-refractivity contribution in [1.29, 1.82) is 0 Å². The first-order valence-corrected chi connectivity index (χ1v) is 15.1. The van der Waals surface area contributed by atoms with Crippen molar-refractivity contribution in [3.8, 4) is 0 Å². The van der Waals surface area contributed by atoms with Crippen molar-refractivity contribution in [1.82, 2.24) is 24.3 Å². The molecule has 4 aromatic rings. The maximum absolute atomic E-state index is 13.2. The highest BCUT2D eigenvalue weighted by atomic mass is 16.2. The van der Waals surface area contributed by atoms with E-state index in [9.17, 15) is 4.79 Å². The average molecular weight is 534 g/mol. The van der Waals surface area contributed by atoms with Gasteiger partial charge < -0.3 is 9.47 Å². The quantitative estimate of drug-likeness (QED) is 0.297. The number of rotatable bonds is 6. The van der Waals surface area contributed by atoms with Gasteiger partial charge in [0.2, 0.25) is 0 Å². The summed E-state index contributed by atoms with van der Waals surface area (Å²) in [6.07, 6.45) is 10.0. The maximum atomic E-state index is 13.2. The smallest absolute Gasteiger partial charge is 0.253 e. The predicted molar refractivity (Wildman–Crippen MR) is 158 cm³/mol. The topological polar surface area (TPSA) is 54.3 Å². The molecule has 6 heteroatoms. The Kier molecular flexibility index (Phi) is 6.67. The fraction of sp³-hybridized carbons (Fsp3) is 0.441. The van der Waals surface area contributed by atoms with Crippen LogP contribution < -0.4 is 0 Å². The average Bonchev–Trinajstić information content (AvgIpc) is 3.47. The van der Waals surface area contributed by atoms with E-state index in [1.807, 2.05) is 42.6 Å². The number of imidazole rings is 1. The molecule has 3 saturated heterocycles. The molecule has 7 rings (SSSR count). The minimum absolute atomic E-state index is 0.117. The highest BCUT2D eigenvalue weighted by Gasteiger charge is 2.44. The predicted octanol–water partition coefficient (Wildman–Crippen LogP) is 6.17. The number of nitrogens with zero attached hydrogens (tertiary/aromatic N) is 5. The third kappa shape index (κ3) is 4.52. The van der Waals surface area contributed by atoms with Crippen molar-refractivity contribution < 1.29 is 4.79 Å². The van der Waals surface area contributed by atoms with Crippen molar-refractivity contribution in [2.75, 3.05) is 19.6 Å². The van der Waals surface area contributed by atoms with E-state index in [0.717, 1.165) is 61.4 Å². The number of hydrogen-bond donors (Lipinski definition) is 0. The molecule has 0 spiro atoms. The molecular weight excluding hydrogens is 494 g/mol. The Morgan fingerprint density at radius 1 is 0.875 bits per heavy atom. The molecule has 0 N–H and O–H groups in total. The highest BCUT2D eigenvalue weighted by Crippen LogP contribution is 2.45. The molecule has 0 aliphatic carbocycles. The van der Waals surface area contributed by atoms with Crippen molar-refractivity contribution >= 4 is 17.1 Å². The van der Waals surface area contributed by atoms with E-state index in [1.54, 1.807) is 0 Å². The summed E-state index contributed by atoms with van der Waals surface area (Å²) >= 11 is 0. The number of piperidine rings is 2. The van der Waals surface area contributed by atoms with Crippen LogP contribution in [0.15, 0.2) is 79.0 Å². The van der Waals surface area contributed by atoms with E-state index in [-0.39, 0.29) is 11.3 Å². The van der Waals surface area contributed by atoms with Gasteiger partial charge >= 0.3 is 0 Å². The Morgan fingerprint density at radius 2 is 1.55 bits per heavy atom. The van der Waals surface area contributed by atoms with E-state index in [4.69, 9.17) is 9.97 Å². The van der Waals surface area contributed by atoms with Gasteiger partial charge in [-0.3, -0.25) is 9.69 Å². The zero-order chi connectivity index (χ0) is 27.1. The molecule has 0 saturated carbocycles. The van der Waals surface area contributed by atoms with Crippen LogP contribution in [-0.4, -0.2) is 62.0 Å². The van der Waals surface area contributed by atoms with Crippen LogP contribution in [0, 0.1) is 6.92 Å². The van der Waals surface area contributed by atoms with E-state index >= 15 is 0 Å². The molecule has 6 nitrogen and oxygen atoms in total. The first-order chi connectivity index (χ1) is 19.6. The standard InChI is InChI=1S/C34H39N5O/c1-25-36-31-13-8-19-35-32(31)39(25)30-23-28-14-15-29(24-30)38(28)22-18-34(27-11-6-3-7-12-27)16-20-37(21-17-34)33(40)26-9-4-2-5-10-26/h2-13,19,28-30H,14-18,20-24H2,1H3. The van der Waals surface area contributed by atoms with Gasteiger partial charge in [0.1, 0.15) is 11.3 Å². The zero-order valence-corrected chi connectivity index (χ0v) is 23.5. The van der Waals surface area contributed by atoms with Gasteiger partial charge in [-0.15, -0.1) is 0 Å². The fourth-order valence-corrected chi connectivity index (χ4v) is 8.02. The summed E-state index contributed by atoms with van der Waals surface area (Å²) in [6.45, 7) is 4.90. The second-order valence-corrected chi connectivity index (χ2v) is 12.2. The van der Waals surface area contributed by atoms with Gasteiger partial charge in [-0.25, -0.2) is 9.97 Å². The normalized spacial score (nSPS) is 24.4. The lowest BCUT2D eigenvalue weighted by molar-refractivity contribution is 0.0607. The number of carbonyl (C=O) groups excluding carboxylic acids is 1. The molecule has 3 aliphatic rings. The Balaban J connectivity index is 1.07. The summed E-state index contributed by atoms with van der Waals surface area (Å²) in [4.78, 5) is 27.6. The van der Waals surface area contributed by atoms with Gasteiger partial charge in [0.15, 0.2) is 5.65 Å². The lowest BCUT2D eigenvalue weighted by atomic mass is 9.70. The molecule has 3 aliphatic heterocycles. The second kappa shape index (κ2) is 10.5. The van der Waals surface area contributed by atoms with E-state index < -0.39 is 0 Å². The van der Waals surface area contributed by atoms with Crippen LogP contribution in [0.1, 0.15) is 72.7 Å². The highest BCUT2D eigenvalue weighted by molar-refractivity contribution is 5.94. The molecule has 2 bridgehead atoms. The largest absolute Gasteiger partial charge is 0.339 e. The summed E-state index contributed by atoms with van der Waals surface area (Å²) in [6, 6.07) is 26.6. The summed E-state index contributed by atoms with van der Waals surface area (Å²) in [5, 5.41) is 0. The number of likely N-dealkylation sites (tertiary alicyclic amines) is 1. The van der Waals surface area contributed by atoms with Crippen LogP contribution in [0.2, 0.25) is 0 Å². The minimum Gasteiger partial charge on any atom is -0.339 e. The summed E-state index contributed by atoms with van der Waals surface area (Å²) in [7, 11) is 0. The summed E-state index contributed by atoms with van der Waals surface area (Å²) in [5.74, 6) is 1.26. The van der Waals surface area contributed by atoms with Gasteiger partial charge in [-0.2, -0.15) is 0 Å². The van der Waals surface area contributed by atoms with Gasteiger partial charge in [0, 0.05) is 43.0 Å². The fourth-order valence-electron chi connectivity index (χ4n) is 8.02.